The largest absolute Gasteiger partial charge is 0.469 e. The second-order valence-corrected chi connectivity index (χ2v) is 6.14. The fourth-order valence-electron chi connectivity index (χ4n) is 3.17. The minimum Gasteiger partial charge on any atom is -0.469 e. The van der Waals surface area contributed by atoms with Gasteiger partial charge in [0.05, 0.1) is 13.5 Å². The lowest BCUT2D eigenvalue weighted by molar-refractivity contribution is -0.142. The van der Waals surface area contributed by atoms with Gasteiger partial charge in [-0.3, -0.25) is 4.79 Å². The van der Waals surface area contributed by atoms with E-state index in [1.165, 1.54) is 18.2 Å². The van der Waals surface area contributed by atoms with Crippen molar-refractivity contribution in [3.05, 3.63) is 33.8 Å². The van der Waals surface area contributed by atoms with Crippen molar-refractivity contribution in [3.63, 3.8) is 0 Å². The molecular formula is C15H20BrNO2. The molecule has 2 N–H and O–H groups in total. The summed E-state index contributed by atoms with van der Waals surface area (Å²) in [6.07, 6.45) is 3.11. The molecule has 0 amide bonds. The number of halogens is 1. The molecule has 0 radical (unpaired) electrons. The van der Waals surface area contributed by atoms with Gasteiger partial charge >= 0.3 is 5.97 Å². The number of benzene rings is 1. The Morgan fingerprint density at radius 3 is 2.95 bits per heavy atom. The van der Waals surface area contributed by atoms with Crippen LogP contribution in [0.15, 0.2) is 22.7 Å². The lowest BCUT2D eigenvalue weighted by atomic mass is 9.72. The first-order valence-electron chi connectivity index (χ1n) is 6.65. The number of rotatable bonds is 4. The molecule has 2 unspecified atom stereocenters. The van der Waals surface area contributed by atoms with Gasteiger partial charge in [-0.15, -0.1) is 0 Å². The number of carbonyl (C=O) groups excluding carboxylic acids is 1. The van der Waals surface area contributed by atoms with Gasteiger partial charge in [0.25, 0.3) is 0 Å². The summed E-state index contributed by atoms with van der Waals surface area (Å²) in [4.78, 5) is 11.8. The second kappa shape index (κ2) is 5.63. The zero-order chi connectivity index (χ0) is 14.0. The molecule has 19 heavy (non-hydrogen) atoms. The number of nitrogens with two attached hydrogens (primary N) is 1. The van der Waals surface area contributed by atoms with Crippen LogP contribution >= 0.6 is 15.9 Å². The SMILES string of the molecule is CCC(N)C1(CC(=O)OC)CCc2cc(Br)ccc21. The summed E-state index contributed by atoms with van der Waals surface area (Å²) in [5.41, 5.74) is 8.60. The highest BCUT2D eigenvalue weighted by Gasteiger charge is 2.44. The number of hydrogen-bond donors (Lipinski definition) is 1. The van der Waals surface area contributed by atoms with Crippen LogP contribution in [0.3, 0.4) is 0 Å². The highest BCUT2D eigenvalue weighted by molar-refractivity contribution is 9.10. The van der Waals surface area contributed by atoms with Gasteiger partial charge in [0.2, 0.25) is 0 Å². The molecule has 104 valence electrons. The van der Waals surface area contributed by atoms with Crippen LogP contribution in [0.5, 0.6) is 0 Å². The molecule has 0 aromatic heterocycles. The van der Waals surface area contributed by atoms with Crippen LogP contribution in [0, 0.1) is 0 Å². The van der Waals surface area contributed by atoms with E-state index in [-0.39, 0.29) is 17.4 Å². The van der Waals surface area contributed by atoms with Crippen LogP contribution in [-0.4, -0.2) is 19.1 Å². The Balaban J connectivity index is 2.45. The van der Waals surface area contributed by atoms with Crippen molar-refractivity contribution in [1.29, 1.82) is 0 Å². The standard InChI is InChI=1S/C15H20BrNO2/c1-3-13(17)15(9-14(18)19-2)7-6-10-8-11(16)4-5-12(10)15/h4-5,8,13H,3,6-7,9,17H2,1-2H3. The molecule has 3 nitrogen and oxygen atoms in total. The van der Waals surface area contributed by atoms with E-state index in [4.69, 9.17) is 10.5 Å². The molecule has 0 saturated carbocycles. The Morgan fingerprint density at radius 1 is 1.58 bits per heavy atom. The van der Waals surface area contributed by atoms with E-state index in [9.17, 15) is 4.79 Å². The number of fused-ring (bicyclic) bond motifs is 1. The topological polar surface area (TPSA) is 52.3 Å². The Hall–Kier alpha value is -0.870. The molecule has 0 bridgehead atoms. The van der Waals surface area contributed by atoms with Crippen molar-refractivity contribution in [2.45, 2.75) is 44.1 Å². The highest BCUT2D eigenvalue weighted by atomic mass is 79.9. The molecule has 1 aliphatic rings. The first-order chi connectivity index (χ1) is 9.03. The number of methoxy groups -OCH3 is 1. The lowest BCUT2D eigenvalue weighted by Gasteiger charge is -2.35. The third-order valence-corrected chi connectivity index (χ3v) is 4.77. The number of aryl methyl sites for hydroxylation is 1. The van der Waals surface area contributed by atoms with E-state index < -0.39 is 0 Å². The van der Waals surface area contributed by atoms with Crippen LogP contribution in [0.2, 0.25) is 0 Å². The molecule has 0 spiro atoms. The summed E-state index contributed by atoms with van der Waals surface area (Å²) in [5.74, 6) is -0.181. The predicted octanol–water partition coefficient (Wildman–Crippen LogP) is 2.93. The van der Waals surface area contributed by atoms with Crippen LogP contribution < -0.4 is 5.73 Å². The molecule has 1 aliphatic carbocycles. The summed E-state index contributed by atoms with van der Waals surface area (Å²) in [5, 5.41) is 0. The Morgan fingerprint density at radius 2 is 2.32 bits per heavy atom. The van der Waals surface area contributed by atoms with Gasteiger partial charge in [0.15, 0.2) is 0 Å². The minimum absolute atomic E-state index is 0.0194. The maximum Gasteiger partial charge on any atom is 0.306 e. The van der Waals surface area contributed by atoms with Crippen molar-refractivity contribution in [2.75, 3.05) is 7.11 Å². The maximum atomic E-state index is 11.8. The number of ether oxygens (including phenoxy) is 1. The predicted molar refractivity (Wildman–Crippen MR) is 79.0 cm³/mol. The molecule has 4 heteroatoms. The smallest absolute Gasteiger partial charge is 0.306 e. The Bertz CT molecular complexity index is 489. The van der Waals surface area contributed by atoms with E-state index in [2.05, 4.69) is 35.0 Å². The van der Waals surface area contributed by atoms with Gasteiger partial charge in [-0.05, 0) is 42.5 Å². The third kappa shape index (κ3) is 2.56. The number of esters is 1. The molecule has 2 rings (SSSR count). The fraction of sp³-hybridized carbons (Fsp3) is 0.533. The van der Waals surface area contributed by atoms with Crippen molar-refractivity contribution in [2.24, 2.45) is 5.73 Å². The molecule has 0 saturated heterocycles. The summed E-state index contributed by atoms with van der Waals surface area (Å²) >= 11 is 3.50. The molecule has 1 aromatic carbocycles. The first kappa shape index (κ1) is 14.5. The average molecular weight is 326 g/mol. The van der Waals surface area contributed by atoms with E-state index in [1.807, 2.05) is 6.07 Å². The van der Waals surface area contributed by atoms with E-state index in [0.29, 0.717) is 6.42 Å². The minimum atomic E-state index is -0.266. The first-order valence-corrected chi connectivity index (χ1v) is 7.44. The normalized spacial score (nSPS) is 22.9. The van der Waals surface area contributed by atoms with Crippen LogP contribution in [0.4, 0.5) is 0 Å². The van der Waals surface area contributed by atoms with Crippen LogP contribution in [-0.2, 0) is 21.4 Å². The number of hydrogen-bond acceptors (Lipinski definition) is 3. The molecule has 2 atom stereocenters. The Labute approximate surface area is 122 Å². The summed E-state index contributed by atoms with van der Waals surface area (Å²) < 4.78 is 5.94. The van der Waals surface area contributed by atoms with Gasteiger partial charge in [0.1, 0.15) is 0 Å². The van der Waals surface area contributed by atoms with Crippen molar-refractivity contribution >= 4 is 21.9 Å². The van der Waals surface area contributed by atoms with Gasteiger partial charge in [0, 0.05) is 15.9 Å². The summed E-state index contributed by atoms with van der Waals surface area (Å²) in [7, 11) is 1.44. The van der Waals surface area contributed by atoms with Crippen molar-refractivity contribution < 1.29 is 9.53 Å². The molecular weight excluding hydrogens is 306 g/mol. The van der Waals surface area contributed by atoms with Crippen molar-refractivity contribution in [3.8, 4) is 0 Å². The van der Waals surface area contributed by atoms with Gasteiger partial charge in [-0.25, -0.2) is 0 Å². The highest BCUT2D eigenvalue weighted by Crippen LogP contribution is 2.45. The molecule has 0 fully saturated rings. The fourth-order valence-corrected chi connectivity index (χ4v) is 3.58. The maximum absolute atomic E-state index is 11.8. The molecule has 0 aliphatic heterocycles. The molecule has 0 heterocycles. The van der Waals surface area contributed by atoms with E-state index >= 15 is 0 Å². The van der Waals surface area contributed by atoms with E-state index in [1.54, 1.807) is 0 Å². The summed E-state index contributed by atoms with van der Waals surface area (Å²) in [6, 6.07) is 6.24. The quantitative estimate of drug-likeness (QED) is 0.866. The number of carbonyl (C=O) groups is 1. The van der Waals surface area contributed by atoms with Gasteiger partial charge < -0.3 is 10.5 Å². The summed E-state index contributed by atoms with van der Waals surface area (Å²) in [6.45, 7) is 2.07. The van der Waals surface area contributed by atoms with E-state index in [0.717, 1.165) is 23.7 Å². The van der Waals surface area contributed by atoms with Crippen LogP contribution in [0.25, 0.3) is 0 Å². The zero-order valence-corrected chi connectivity index (χ0v) is 13.0. The monoisotopic (exact) mass is 325 g/mol. The van der Waals surface area contributed by atoms with Crippen molar-refractivity contribution in [1.82, 2.24) is 0 Å². The van der Waals surface area contributed by atoms with Gasteiger partial charge in [-0.2, -0.15) is 0 Å². The van der Waals surface area contributed by atoms with Crippen LogP contribution in [0.1, 0.15) is 37.3 Å². The van der Waals surface area contributed by atoms with Gasteiger partial charge in [-0.1, -0.05) is 28.9 Å². The molecule has 1 aromatic rings. The third-order valence-electron chi connectivity index (χ3n) is 4.28. The second-order valence-electron chi connectivity index (χ2n) is 5.23. The lowest BCUT2D eigenvalue weighted by Crippen LogP contribution is -2.45. The zero-order valence-electron chi connectivity index (χ0n) is 11.4. The Kier molecular flexibility index (Phi) is 4.31. The average Bonchev–Trinajstić information content (AvgIpc) is 2.76.